The van der Waals surface area contributed by atoms with E-state index in [1.165, 1.54) is 0 Å². The molecule has 0 saturated carbocycles. The van der Waals surface area contributed by atoms with Crippen molar-refractivity contribution in [3.63, 3.8) is 0 Å². The highest BCUT2D eigenvalue weighted by molar-refractivity contribution is 5.58. The average molecular weight is 258 g/mol. The van der Waals surface area contributed by atoms with Crippen molar-refractivity contribution in [2.24, 2.45) is 0 Å². The summed E-state index contributed by atoms with van der Waals surface area (Å²) in [5.74, 6) is 0.673. The molecular weight excluding hydrogens is 236 g/mol. The summed E-state index contributed by atoms with van der Waals surface area (Å²) >= 11 is 0. The maximum atomic E-state index is 9.48. The molecule has 0 saturated heterocycles. The molecule has 0 aromatic carbocycles. The first-order valence-corrected chi connectivity index (χ1v) is 6.76. The van der Waals surface area contributed by atoms with Crippen molar-refractivity contribution in [3.05, 3.63) is 29.5 Å². The molecule has 4 nitrogen and oxygen atoms in total. The van der Waals surface area contributed by atoms with Crippen LogP contribution in [0.5, 0.6) is 0 Å². The lowest BCUT2D eigenvalue weighted by molar-refractivity contribution is 0.697. The molecular formula is C15H22N4. The number of rotatable bonds is 6. The van der Waals surface area contributed by atoms with Gasteiger partial charge >= 0.3 is 0 Å². The zero-order valence-corrected chi connectivity index (χ0v) is 12.3. The second kappa shape index (κ2) is 6.89. The Morgan fingerprint density at radius 3 is 2.42 bits per heavy atom. The van der Waals surface area contributed by atoms with Crippen LogP contribution in [-0.2, 0) is 12.8 Å². The molecule has 1 aromatic rings. The molecule has 1 heterocycles. The molecule has 0 fully saturated rings. The lowest BCUT2D eigenvalue weighted by Crippen LogP contribution is -2.33. The number of hydrogen-bond donors (Lipinski definition) is 0. The Hall–Kier alpha value is -1.89. The van der Waals surface area contributed by atoms with Gasteiger partial charge in [-0.05, 0) is 32.3 Å². The van der Waals surface area contributed by atoms with Gasteiger partial charge in [-0.3, -0.25) is 0 Å². The van der Waals surface area contributed by atoms with Crippen molar-refractivity contribution in [1.82, 2.24) is 10.2 Å². The summed E-state index contributed by atoms with van der Waals surface area (Å²) in [6.07, 6.45) is 3.42. The fourth-order valence-corrected chi connectivity index (χ4v) is 2.16. The van der Waals surface area contributed by atoms with Gasteiger partial charge in [0.2, 0.25) is 0 Å². The van der Waals surface area contributed by atoms with Crippen molar-refractivity contribution in [1.29, 1.82) is 5.26 Å². The molecule has 0 N–H and O–H groups in total. The van der Waals surface area contributed by atoms with Gasteiger partial charge in [-0.2, -0.15) is 10.4 Å². The number of nitriles is 1. The second-order valence-corrected chi connectivity index (χ2v) is 4.68. The molecule has 102 valence electrons. The van der Waals surface area contributed by atoms with E-state index in [0.717, 1.165) is 24.1 Å². The molecule has 0 spiro atoms. The topological polar surface area (TPSA) is 52.8 Å². The Balaban J connectivity index is 3.43. The van der Waals surface area contributed by atoms with Crippen molar-refractivity contribution in [2.75, 3.05) is 11.4 Å². The predicted octanol–water partition coefficient (Wildman–Crippen LogP) is 2.87. The van der Waals surface area contributed by atoms with Crippen molar-refractivity contribution >= 4 is 5.82 Å². The number of anilines is 1. The third-order valence-corrected chi connectivity index (χ3v) is 3.16. The molecule has 0 bridgehead atoms. The zero-order valence-electron chi connectivity index (χ0n) is 12.3. The Morgan fingerprint density at radius 1 is 1.32 bits per heavy atom. The van der Waals surface area contributed by atoms with Gasteiger partial charge < -0.3 is 4.90 Å². The first-order chi connectivity index (χ1) is 9.10. The molecule has 0 amide bonds. The van der Waals surface area contributed by atoms with E-state index in [0.29, 0.717) is 17.9 Å². The zero-order chi connectivity index (χ0) is 14.4. The SMILES string of the molecule is C=CCN(c1nnc(CC)c(CC)c1C#N)C(C)C. The minimum absolute atomic E-state index is 0.247. The van der Waals surface area contributed by atoms with Crippen LogP contribution in [0.4, 0.5) is 5.82 Å². The Kier molecular flexibility index (Phi) is 5.50. The van der Waals surface area contributed by atoms with Crippen LogP contribution in [0.1, 0.15) is 44.5 Å². The van der Waals surface area contributed by atoms with E-state index in [1.54, 1.807) is 0 Å². The lowest BCUT2D eigenvalue weighted by atomic mass is 10.0. The van der Waals surface area contributed by atoms with Gasteiger partial charge in [0.05, 0.1) is 5.69 Å². The molecule has 0 aliphatic heterocycles. The highest BCUT2D eigenvalue weighted by Crippen LogP contribution is 2.24. The average Bonchev–Trinajstić information content (AvgIpc) is 2.42. The molecule has 4 heteroatoms. The first kappa shape index (κ1) is 15.2. The smallest absolute Gasteiger partial charge is 0.170 e. The predicted molar refractivity (Wildman–Crippen MR) is 78.2 cm³/mol. The van der Waals surface area contributed by atoms with Crippen LogP contribution in [0.25, 0.3) is 0 Å². The number of aryl methyl sites for hydroxylation is 1. The lowest BCUT2D eigenvalue weighted by Gasteiger charge is -2.27. The fourth-order valence-electron chi connectivity index (χ4n) is 2.16. The molecule has 1 rings (SSSR count). The molecule has 0 aliphatic carbocycles. The van der Waals surface area contributed by atoms with Crippen molar-refractivity contribution < 1.29 is 0 Å². The first-order valence-electron chi connectivity index (χ1n) is 6.76. The summed E-state index contributed by atoms with van der Waals surface area (Å²) in [6.45, 7) is 12.7. The standard InChI is InChI=1S/C15H22N4/c1-6-9-19(11(4)5)15-13(10-16)12(7-2)14(8-3)17-18-15/h6,11H,1,7-9H2,2-5H3. The summed E-state index contributed by atoms with van der Waals surface area (Å²) in [5.41, 5.74) is 2.60. The minimum atomic E-state index is 0.247. The van der Waals surface area contributed by atoms with Crippen LogP contribution >= 0.6 is 0 Å². The van der Waals surface area contributed by atoms with E-state index in [9.17, 15) is 5.26 Å². The van der Waals surface area contributed by atoms with Crippen LogP contribution in [0.15, 0.2) is 12.7 Å². The molecule has 0 radical (unpaired) electrons. The van der Waals surface area contributed by atoms with Crippen LogP contribution in [0.2, 0.25) is 0 Å². The van der Waals surface area contributed by atoms with Crippen LogP contribution < -0.4 is 4.90 Å². The highest BCUT2D eigenvalue weighted by atomic mass is 15.3. The summed E-state index contributed by atoms with van der Waals surface area (Å²) in [5, 5.41) is 18.0. The summed E-state index contributed by atoms with van der Waals surface area (Å²) < 4.78 is 0. The van der Waals surface area contributed by atoms with E-state index in [4.69, 9.17) is 0 Å². The van der Waals surface area contributed by atoms with Gasteiger partial charge in [0.25, 0.3) is 0 Å². The van der Waals surface area contributed by atoms with E-state index < -0.39 is 0 Å². The number of nitrogens with zero attached hydrogens (tertiary/aromatic N) is 4. The Bertz CT molecular complexity index is 486. The van der Waals surface area contributed by atoms with E-state index in [1.807, 2.05) is 19.9 Å². The van der Waals surface area contributed by atoms with Gasteiger partial charge in [0, 0.05) is 12.6 Å². The largest absolute Gasteiger partial charge is 0.348 e. The van der Waals surface area contributed by atoms with E-state index >= 15 is 0 Å². The molecule has 19 heavy (non-hydrogen) atoms. The molecule has 1 aromatic heterocycles. The van der Waals surface area contributed by atoms with Gasteiger partial charge in [-0.15, -0.1) is 11.7 Å². The quantitative estimate of drug-likeness (QED) is 0.736. The maximum Gasteiger partial charge on any atom is 0.170 e. The highest BCUT2D eigenvalue weighted by Gasteiger charge is 2.20. The van der Waals surface area contributed by atoms with Gasteiger partial charge in [-0.25, -0.2) is 0 Å². The Labute approximate surface area is 115 Å². The van der Waals surface area contributed by atoms with Crippen LogP contribution in [0.3, 0.4) is 0 Å². The maximum absolute atomic E-state index is 9.48. The normalized spacial score (nSPS) is 10.3. The monoisotopic (exact) mass is 258 g/mol. The number of aromatic nitrogens is 2. The van der Waals surface area contributed by atoms with Gasteiger partial charge in [0.15, 0.2) is 5.82 Å². The van der Waals surface area contributed by atoms with Crippen molar-refractivity contribution in [2.45, 2.75) is 46.6 Å². The van der Waals surface area contributed by atoms with E-state index in [2.05, 4.69) is 41.6 Å². The molecule has 0 unspecified atom stereocenters. The third kappa shape index (κ3) is 3.11. The van der Waals surface area contributed by atoms with Gasteiger partial charge in [-0.1, -0.05) is 19.9 Å². The van der Waals surface area contributed by atoms with Gasteiger partial charge in [0.1, 0.15) is 11.6 Å². The van der Waals surface area contributed by atoms with Crippen molar-refractivity contribution in [3.8, 4) is 6.07 Å². The summed E-state index contributed by atoms with van der Waals surface area (Å²) in [7, 11) is 0. The third-order valence-electron chi connectivity index (χ3n) is 3.16. The second-order valence-electron chi connectivity index (χ2n) is 4.68. The van der Waals surface area contributed by atoms with Crippen LogP contribution in [-0.4, -0.2) is 22.8 Å². The molecule has 0 aliphatic rings. The Morgan fingerprint density at radius 2 is 2.00 bits per heavy atom. The minimum Gasteiger partial charge on any atom is -0.348 e. The number of hydrogen-bond acceptors (Lipinski definition) is 4. The van der Waals surface area contributed by atoms with E-state index in [-0.39, 0.29) is 6.04 Å². The summed E-state index contributed by atoms with van der Waals surface area (Å²) in [4.78, 5) is 2.05. The summed E-state index contributed by atoms with van der Waals surface area (Å²) in [6, 6.07) is 2.55. The molecule has 0 atom stereocenters. The van der Waals surface area contributed by atoms with Crippen LogP contribution in [0, 0.1) is 11.3 Å². The fraction of sp³-hybridized carbons (Fsp3) is 0.533.